The lowest BCUT2D eigenvalue weighted by Crippen LogP contribution is -2.53. The Labute approximate surface area is 127 Å². The average molecular weight is 325 g/mol. The Morgan fingerprint density at radius 3 is 2.45 bits per heavy atom. The normalized spacial score (nSPS) is 27.9. The van der Waals surface area contributed by atoms with Gasteiger partial charge in [-0.2, -0.15) is 0 Å². The van der Waals surface area contributed by atoms with Crippen LogP contribution in [-0.4, -0.2) is 44.0 Å². The molecule has 2 atom stereocenters. The number of piperidine rings is 1. The van der Waals surface area contributed by atoms with Gasteiger partial charge in [0.05, 0.1) is 5.25 Å². The molecule has 1 aliphatic carbocycles. The summed E-state index contributed by atoms with van der Waals surface area (Å²) < 4.78 is 24.2. The molecule has 20 heavy (non-hydrogen) atoms. The number of nitrogens with one attached hydrogen (secondary N) is 2. The van der Waals surface area contributed by atoms with E-state index >= 15 is 0 Å². The molecule has 1 saturated carbocycles. The second-order valence-electron chi connectivity index (χ2n) is 5.77. The summed E-state index contributed by atoms with van der Waals surface area (Å²) in [6.45, 7) is 2.99. The second kappa shape index (κ2) is 7.61. The van der Waals surface area contributed by atoms with E-state index < -0.39 is 9.84 Å². The molecule has 1 saturated heterocycles. The fraction of sp³-hybridized carbons (Fsp3) is 0.923. The number of rotatable bonds is 4. The molecule has 0 spiro atoms. The Balaban J connectivity index is 0.00000200. The molecule has 7 heteroatoms. The lowest BCUT2D eigenvalue weighted by molar-refractivity contribution is -0.119. The third-order valence-corrected chi connectivity index (χ3v) is 6.40. The van der Waals surface area contributed by atoms with E-state index in [9.17, 15) is 13.2 Å². The van der Waals surface area contributed by atoms with E-state index in [4.69, 9.17) is 0 Å². The molecule has 2 N–H and O–H groups in total. The number of hydrogen-bond acceptors (Lipinski definition) is 4. The number of carbonyl (C=O) groups is 1. The van der Waals surface area contributed by atoms with Crippen LogP contribution < -0.4 is 10.6 Å². The van der Waals surface area contributed by atoms with Crippen LogP contribution in [0.15, 0.2) is 0 Å². The van der Waals surface area contributed by atoms with Crippen molar-refractivity contribution < 1.29 is 13.2 Å². The minimum absolute atomic E-state index is 0. The van der Waals surface area contributed by atoms with Crippen LogP contribution in [0.5, 0.6) is 0 Å². The maximum Gasteiger partial charge on any atom is 0.235 e. The van der Waals surface area contributed by atoms with Crippen LogP contribution in [0.25, 0.3) is 0 Å². The summed E-state index contributed by atoms with van der Waals surface area (Å²) in [5.41, 5.74) is 0. The van der Waals surface area contributed by atoms with Crippen molar-refractivity contribution in [2.24, 2.45) is 0 Å². The molecule has 2 rings (SSSR count). The summed E-state index contributed by atoms with van der Waals surface area (Å²) >= 11 is 0. The van der Waals surface area contributed by atoms with E-state index in [-0.39, 0.29) is 41.4 Å². The maximum absolute atomic E-state index is 12.1. The zero-order valence-electron chi connectivity index (χ0n) is 11.9. The largest absolute Gasteiger partial charge is 0.351 e. The van der Waals surface area contributed by atoms with Crippen molar-refractivity contribution in [3.63, 3.8) is 0 Å². The third kappa shape index (κ3) is 4.60. The minimum atomic E-state index is -3.26. The highest BCUT2D eigenvalue weighted by Crippen LogP contribution is 2.25. The van der Waals surface area contributed by atoms with Gasteiger partial charge in [-0.25, -0.2) is 8.42 Å². The first-order valence-corrected chi connectivity index (χ1v) is 8.95. The van der Waals surface area contributed by atoms with Gasteiger partial charge in [0, 0.05) is 12.1 Å². The second-order valence-corrected chi connectivity index (χ2v) is 8.05. The highest BCUT2D eigenvalue weighted by atomic mass is 35.5. The standard InChI is InChI=1S/C13H24N2O3S.ClH/c1-10-12(7-4-8-14-10)15-13(16)9-19(17,18)11-5-2-3-6-11;/h10-12,14H,2-9H2,1H3,(H,15,16);1H. The van der Waals surface area contributed by atoms with Crippen LogP contribution in [-0.2, 0) is 14.6 Å². The predicted molar refractivity (Wildman–Crippen MR) is 81.9 cm³/mol. The van der Waals surface area contributed by atoms with Gasteiger partial charge in [-0.05, 0) is 39.2 Å². The topological polar surface area (TPSA) is 75.3 Å². The van der Waals surface area contributed by atoms with Crippen molar-refractivity contribution in [3.05, 3.63) is 0 Å². The van der Waals surface area contributed by atoms with Crippen molar-refractivity contribution >= 4 is 28.2 Å². The minimum Gasteiger partial charge on any atom is -0.351 e. The monoisotopic (exact) mass is 324 g/mol. The number of halogens is 1. The summed E-state index contributed by atoms with van der Waals surface area (Å²) in [7, 11) is -3.26. The molecule has 1 aliphatic heterocycles. The Hall–Kier alpha value is -0.330. The summed E-state index contributed by atoms with van der Waals surface area (Å²) in [5, 5.41) is 5.87. The van der Waals surface area contributed by atoms with Gasteiger partial charge in [0.15, 0.2) is 9.84 Å². The fourth-order valence-electron chi connectivity index (χ4n) is 3.04. The van der Waals surface area contributed by atoms with E-state index in [0.717, 1.165) is 45.1 Å². The first-order valence-electron chi connectivity index (χ1n) is 7.23. The van der Waals surface area contributed by atoms with Crippen molar-refractivity contribution in [1.82, 2.24) is 10.6 Å². The van der Waals surface area contributed by atoms with E-state index in [1.54, 1.807) is 0 Å². The first kappa shape index (κ1) is 17.7. The van der Waals surface area contributed by atoms with Gasteiger partial charge in [-0.3, -0.25) is 4.79 Å². The quantitative estimate of drug-likeness (QED) is 0.809. The Kier molecular flexibility index (Phi) is 6.75. The molecule has 1 heterocycles. The van der Waals surface area contributed by atoms with Crippen LogP contribution in [0.4, 0.5) is 0 Å². The molecule has 0 bridgehead atoms. The van der Waals surface area contributed by atoms with Crippen LogP contribution >= 0.6 is 12.4 Å². The van der Waals surface area contributed by atoms with Crippen LogP contribution in [0.1, 0.15) is 45.4 Å². The van der Waals surface area contributed by atoms with Gasteiger partial charge in [0.2, 0.25) is 5.91 Å². The maximum atomic E-state index is 12.1. The van der Waals surface area contributed by atoms with E-state index in [1.165, 1.54) is 0 Å². The van der Waals surface area contributed by atoms with Crippen molar-refractivity contribution in [1.29, 1.82) is 0 Å². The number of carbonyl (C=O) groups excluding carboxylic acids is 1. The third-order valence-electron chi connectivity index (χ3n) is 4.25. The molecule has 5 nitrogen and oxygen atoms in total. The summed E-state index contributed by atoms with van der Waals surface area (Å²) in [6.07, 6.45) is 5.31. The Morgan fingerprint density at radius 2 is 1.85 bits per heavy atom. The number of amides is 1. The van der Waals surface area contributed by atoms with E-state index in [1.807, 2.05) is 6.92 Å². The van der Waals surface area contributed by atoms with Crippen molar-refractivity contribution in [2.45, 2.75) is 62.8 Å². The highest BCUT2D eigenvalue weighted by molar-refractivity contribution is 7.92. The molecular weight excluding hydrogens is 300 g/mol. The zero-order valence-corrected chi connectivity index (χ0v) is 13.6. The van der Waals surface area contributed by atoms with Gasteiger partial charge in [0.25, 0.3) is 0 Å². The summed E-state index contributed by atoms with van der Waals surface area (Å²) in [6, 6.07) is 0.270. The van der Waals surface area contributed by atoms with Crippen LogP contribution in [0, 0.1) is 0 Å². The zero-order chi connectivity index (χ0) is 13.9. The molecule has 0 aromatic heterocycles. The van der Waals surface area contributed by atoms with Gasteiger partial charge < -0.3 is 10.6 Å². The molecule has 2 fully saturated rings. The molecule has 0 aromatic rings. The number of sulfone groups is 1. The molecule has 0 aromatic carbocycles. The highest BCUT2D eigenvalue weighted by Gasteiger charge is 2.31. The van der Waals surface area contributed by atoms with Gasteiger partial charge in [-0.1, -0.05) is 12.8 Å². The molecular formula is C13H25ClN2O3S. The molecule has 0 radical (unpaired) electrons. The first-order chi connectivity index (χ1) is 8.99. The lowest BCUT2D eigenvalue weighted by Gasteiger charge is -2.30. The smallest absolute Gasteiger partial charge is 0.235 e. The fourth-order valence-corrected chi connectivity index (χ4v) is 4.77. The van der Waals surface area contributed by atoms with Gasteiger partial charge in [-0.15, -0.1) is 12.4 Å². The molecule has 118 valence electrons. The number of hydrogen-bond donors (Lipinski definition) is 2. The van der Waals surface area contributed by atoms with Crippen molar-refractivity contribution in [2.75, 3.05) is 12.3 Å². The summed E-state index contributed by atoms with van der Waals surface area (Å²) in [5.74, 6) is -0.687. The molecule has 2 unspecified atom stereocenters. The van der Waals surface area contributed by atoms with Crippen LogP contribution in [0.2, 0.25) is 0 Å². The molecule has 2 aliphatic rings. The summed E-state index contributed by atoms with van der Waals surface area (Å²) in [4.78, 5) is 11.9. The lowest BCUT2D eigenvalue weighted by atomic mass is 10.00. The average Bonchev–Trinajstić information content (AvgIpc) is 2.85. The Bertz CT molecular complexity index is 421. The van der Waals surface area contributed by atoms with Crippen molar-refractivity contribution in [3.8, 4) is 0 Å². The Morgan fingerprint density at radius 1 is 1.20 bits per heavy atom. The van der Waals surface area contributed by atoms with Crippen LogP contribution in [0.3, 0.4) is 0 Å². The predicted octanol–water partition coefficient (Wildman–Crippen LogP) is 1.02. The molecule has 1 amide bonds. The van der Waals surface area contributed by atoms with E-state index in [0.29, 0.717) is 0 Å². The van der Waals surface area contributed by atoms with Gasteiger partial charge >= 0.3 is 0 Å². The van der Waals surface area contributed by atoms with E-state index in [2.05, 4.69) is 10.6 Å². The van der Waals surface area contributed by atoms with Gasteiger partial charge in [0.1, 0.15) is 5.75 Å². The SMILES string of the molecule is CC1NCCCC1NC(=O)CS(=O)(=O)C1CCCC1.Cl.